The molecule has 2 atom stereocenters. The number of fused-ring (bicyclic) bond motifs is 1. The number of carbonyl (C=O) groups is 1. The number of benzene rings is 1. The zero-order valence-corrected chi connectivity index (χ0v) is 9.76. The molecule has 0 amide bonds. The average Bonchev–Trinajstić information content (AvgIpc) is 2.71. The molecule has 1 aromatic rings. The van der Waals surface area contributed by atoms with Crippen molar-refractivity contribution in [3.63, 3.8) is 0 Å². The molecule has 18 heavy (non-hydrogen) atoms. The number of nitrogens with two attached hydrogens (primary N) is 1. The van der Waals surface area contributed by atoms with Gasteiger partial charge in [-0.25, -0.2) is 4.39 Å². The second-order valence-electron chi connectivity index (χ2n) is 4.34. The third-order valence-corrected chi connectivity index (χ3v) is 3.29. The van der Waals surface area contributed by atoms with Crippen LogP contribution in [0.1, 0.15) is 24.0 Å². The number of hydrogen-bond acceptors (Lipinski definition) is 4. The summed E-state index contributed by atoms with van der Waals surface area (Å²) in [5, 5.41) is 18.4. The van der Waals surface area contributed by atoms with Gasteiger partial charge in [-0.1, -0.05) is 13.0 Å². The molecule has 0 aromatic heterocycles. The highest BCUT2D eigenvalue weighted by molar-refractivity contribution is 6.61. The summed E-state index contributed by atoms with van der Waals surface area (Å²) in [6.07, 6.45) is 0. The van der Waals surface area contributed by atoms with Crippen LogP contribution < -0.4 is 11.2 Å². The van der Waals surface area contributed by atoms with Crippen molar-refractivity contribution in [2.75, 3.05) is 0 Å². The van der Waals surface area contributed by atoms with Crippen molar-refractivity contribution in [3.05, 3.63) is 29.1 Å². The normalized spacial score (nSPS) is 17.4. The van der Waals surface area contributed by atoms with Crippen molar-refractivity contribution in [3.8, 4) is 0 Å². The van der Waals surface area contributed by atoms with Crippen molar-refractivity contribution in [2.24, 2.45) is 5.73 Å². The van der Waals surface area contributed by atoms with E-state index in [0.29, 0.717) is 11.1 Å². The van der Waals surface area contributed by atoms with Gasteiger partial charge in [0, 0.05) is 11.4 Å². The number of carboxylic acids is 1. The van der Waals surface area contributed by atoms with Crippen LogP contribution in [0.2, 0.25) is 0 Å². The molecule has 7 heteroatoms. The van der Waals surface area contributed by atoms with Gasteiger partial charge >= 0.3 is 13.1 Å². The van der Waals surface area contributed by atoms with E-state index >= 15 is 0 Å². The topological polar surface area (TPSA) is 92.8 Å². The molecule has 0 bridgehead atoms. The van der Waals surface area contributed by atoms with Crippen LogP contribution in [0, 0.1) is 5.82 Å². The fraction of sp³-hybridized carbons (Fsp3) is 0.364. The molecule has 1 aromatic carbocycles. The Morgan fingerprint density at radius 3 is 2.89 bits per heavy atom. The smallest absolute Gasteiger partial charge is 0.480 e. The van der Waals surface area contributed by atoms with E-state index in [2.05, 4.69) is 0 Å². The average molecular weight is 253 g/mol. The van der Waals surface area contributed by atoms with E-state index in [1.165, 1.54) is 12.1 Å². The van der Waals surface area contributed by atoms with Crippen LogP contribution in [0.4, 0.5) is 4.39 Å². The summed E-state index contributed by atoms with van der Waals surface area (Å²) in [4.78, 5) is 10.9. The van der Waals surface area contributed by atoms with E-state index in [1.54, 1.807) is 6.92 Å². The number of hydrogen-bond donors (Lipinski definition) is 3. The number of halogens is 1. The fourth-order valence-electron chi connectivity index (χ4n) is 2.16. The van der Waals surface area contributed by atoms with E-state index < -0.39 is 30.9 Å². The molecule has 96 valence electrons. The van der Waals surface area contributed by atoms with Crippen LogP contribution in [-0.4, -0.2) is 29.3 Å². The lowest BCUT2D eigenvalue weighted by Crippen LogP contribution is -2.37. The van der Waals surface area contributed by atoms with Gasteiger partial charge in [-0.15, -0.1) is 0 Å². The van der Waals surface area contributed by atoms with Crippen LogP contribution >= 0.6 is 0 Å². The van der Waals surface area contributed by atoms with Gasteiger partial charge in [-0.05, 0) is 17.2 Å². The Hall–Kier alpha value is -1.44. The second-order valence-corrected chi connectivity index (χ2v) is 4.34. The van der Waals surface area contributed by atoms with Gasteiger partial charge in [0.2, 0.25) is 0 Å². The SMILES string of the molecule is C[C@H](c1ccc(F)c2c1COB2O)[C@H](N)C(=O)O. The summed E-state index contributed by atoms with van der Waals surface area (Å²) in [7, 11) is -1.30. The first-order chi connectivity index (χ1) is 8.43. The standard InChI is InChI=1S/C11H13BFNO4/c1-5(10(14)11(15)16)6-2-3-8(13)9-7(6)4-18-12(9)17/h2-3,5,10,17H,4,14H2,1H3,(H,15,16)/t5-,10+/m1/s1. The van der Waals surface area contributed by atoms with Gasteiger partial charge in [0.05, 0.1) is 6.61 Å². The van der Waals surface area contributed by atoms with Gasteiger partial charge in [-0.2, -0.15) is 0 Å². The summed E-state index contributed by atoms with van der Waals surface area (Å²) in [5.41, 5.74) is 6.73. The molecule has 0 spiro atoms. The molecule has 0 saturated heterocycles. The van der Waals surface area contributed by atoms with Gasteiger partial charge in [0.15, 0.2) is 0 Å². The van der Waals surface area contributed by atoms with Crippen molar-refractivity contribution in [1.29, 1.82) is 0 Å². The number of rotatable bonds is 3. The third-order valence-electron chi connectivity index (χ3n) is 3.29. The quantitative estimate of drug-likeness (QED) is 0.635. The van der Waals surface area contributed by atoms with E-state index in [-0.39, 0.29) is 12.1 Å². The van der Waals surface area contributed by atoms with Crippen molar-refractivity contribution in [2.45, 2.75) is 25.5 Å². The summed E-state index contributed by atoms with van der Waals surface area (Å²) in [6, 6.07) is 1.59. The van der Waals surface area contributed by atoms with Crippen molar-refractivity contribution < 1.29 is 24.0 Å². The molecular formula is C11H13BFNO4. The minimum Gasteiger partial charge on any atom is -0.480 e. The Morgan fingerprint density at radius 2 is 2.28 bits per heavy atom. The second kappa shape index (κ2) is 4.68. The summed E-state index contributed by atoms with van der Waals surface area (Å²) >= 11 is 0. The summed E-state index contributed by atoms with van der Waals surface area (Å²) in [5.74, 6) is -2.18. The highest BCUT2D eigenvalue weighted by atomic mass is 19.1. The summed E-state index contributed by atoms with van der Waals surface area (Å²) < 4.78 is 18.5. The Kier molecular flexibility index (Phi) is 3.38. The van der Waals surface area contributed by atoms with Crippen molar-refractivity contribution >= 4 is 18.6 Å². The highest BCUT2D eigenvalue weighted by Crippen LogP contribution is 2.26. The van der Waals surface area contributed by atoms with Gasteiger partial charge in [0.1, 0.15) is 11.9 Å². The third kappa shape index (κ3) is 2.00. The van der Waals surface area contributed by atoms with Crippen LogP contribution in [0.25, 0.3) is 0 Å². The Bertz CT molecular complexity index is 496. The molecule has 5 nitrogen and oxygen atoms in total. The maximum Gasteiger partial charge on any atom is 0.494 e. The Balaban J connectivity index is 2.45. The summed E-state index contributed by atoms with van der Waals surface area (Å²) in [6.45, 7) is 1.71. The maximum absolute atomic E-state index is 13.6. The maximum atomic E-state index is 13.6. The van der Waals surface area contributed by atoms with Crippen LogP contribution in [-0.2, 0) is 16.1 Å². The van der Waals surface area contributed by atoms with Crippen LogP contribution in [0.3, 0.4) is 0 Å². The van der Waals surface area contributed by atoms with E-state index in [9.17, 15) is 14.2 Å². The number of carboxylic acid groups (broad SMARTS) is 1. The highest BCUT2D eigenvalue weighted by Gasteiger charge is 2.35. The lowest BCUT2D eigenvalue weighted by Gasteiger charge is -2.19. The minimum atomic E-state index is -1.30. The van der Waals surface area contributed by atoms with Gasteiger partial charge in [0.25, 0.3) is 0 Å². The largest absolute Gasteiger partial charge is 0.494 e. The molecule has 0 fully saturated rings. The molecular weight excluding hydrogens is 240 g/mol. The van der Waals surface area contributed by atoms with Crippen LogP contribution in [0.5, 0.6) is 0 Å². The molecule has 1 aliphatic rings. The zero-order chi connectivity index (χ0) is 13.4. The minimum absolute atomic E-state index is 0.0558. The van der Waals surface area contributed by atoms with Gasteiger partial charge in [-0.3, -0.25) is 4.79 Å². The van der Waals surface area contributed by atoms with E-state index in [0.717, 1.165) is 0 Å². The molecule has 0 saturated carbocycles. The van der Waals surface area contributed by atoms with Crippen molar-refractivity contribution in [1.82, 2.24) is 0 Å². The lowest BCUT2D eigenvalue weighted by atomic mass is 9.76. The predicted molar refractivity (Wildman–Crippen MR) is 62.8 cm³/mol. The molecule has 0 radical (unpaired) electrons. The van der Waals surface area contributed by atoms with Gasteiger partial charge < -0.3 is 20.5 Å². The molecule has 1 heterocycles. The lowest BCUT2D eigenvalue weighted by molar-refractivity contribution is -0.139. The first-order valence-electron chi connectivity index (χ1n) is 5.52. The first-order valence-corrected chi connectivity index (χ1v) is 5.52. The molecule has 0 aliphatic carbocycles. The van der Waals surface area contributed by atoms with E-state index in [1.807, 2.05) is 0 Å². The molecule has 0 unspecified atom stereocenters. The molecule has 2 rings (SSSR count). The van der Waals surface area contributed by atoms with Crippen LogP contribution in [0.15, 0.2) is 12.1 Å². The Labute approximate surface area is 104 Å². The monoisotopic (exact) mass is 253 g/mol. The zero-order valence-electron chi connectivity index (χ0n) is 9.76. The first kappa shape index (κ1) is 13.0. The van der Waals surface area contributed by atoms with E-state index in [4.69, 9.17) is 15.5 Å². The molecule has 4 N–H and O–H groups in total. The number of aliphatic carboxylic acids is 1. The predicted octanol–water partition coefficient (Wildman–Crippen LogP) is -0.441. The Morgan fingerprint density at radius 1 is 1.61 bits per heavy atom. The molecule has 1 aliphatic heterocycles. The fourth-order valence-corrected chi connectivity index (χ4v) is 2.16.